The fourth-order valence-electron chi connectivity index (χ4n) is 2.25. The molecule has 104 valence electrons. The molecule has 3 rings (SSSR count). The summed E-state index contributed by atoms with van der Waals surface area (Å²) in [7, 11) is 0. The predicted molar refractivity (Wildman–Crippen MR) is 74.3 cm³/mol. The first kappa shape index (κ1) is 12.8. The minimum Gasteiger partial charge on any atom is -0.349 e. The molecule has 0 spiro atoms. The van der Waals surface area contributed by atoms with Crippen LogP contribution in [0.5, 0.6) is 0 Å². The van der Waals surface area contributed by atoms with E-state index < -0.39 is 4.92 Å². The Morgan fingerprint density at radius 1 is 1.50 bits per heavy atom. The van der Waals surface area contributed by atoms with Gasteiger partial charge in [0, 0.05) is 31.5 Å². The van der Waals surface area contributed by atoms with Crippen molar-refractivity contribution in [3.63, 3.8) is 0 Å². The Labute approximate surface area is 118 Å². The number of imidazole rings is 1. The van der Waals surface area contributed by atoms with Crippen LogP contribution in [-0.4, -0.2) is 26.8 Å². The van der Waals surface area contributed by atoms with Gasteiger partial charge >= 0.3 is 5.69 Å². The smallest absolute Gasteiger partial charge is 0.304 e. The third kappa shape index (κ3) is 2.07. The first-order valence-electron chi connectivity index (χ1n) is 6.10. The Kier molecular flexibility index (Phi) is 3.01. The number of thiophene rings is 1. The number of rotatable bonds is 3. The Morgan fingerprint density at radius 2 is 2.30 bits per heavy atom. The van der Waals surface area contributed by atoms with Crippen LogP contribution in [0.25, 0.3) is 0 Å². The highest BCUT2D eigenvalue weighted by atomic mass is 32.1. The maximum absolute atomic E-state index is 11.4. The van der Waals surface area contributed by atoms with Gasteiger partial charge in [0.25, 0.3) is 0 Å². The number of aromatic nitrogens is 2. The maximum Gasteiger partial charge on any atom is 0.304 e. The topological polar surface area (TPSA) is 81.3 Å². The molecule has 0 aromatic carbocycles. The van der Waals surface area contributed by atoms with Crippen molar-refractivity contribution >= 4 is 27.8 Å². The number of hydrogen-bond donors (Lipinski definition) is 0. The van der Waals surface area contributed by atoms with Crippen LogP contribution in [0.3, 0.4) is 0 Å². The van der Waals surface area contributed by atoms with Gasteiger partial charge in [0.15, 0.2) is 10.8 Å². The summed E-state index contributed by atoms with van der Waals surface area (Å²) >= 11 is 1.18. The van der Waals surface area contributed by atoms with Crippen molar-refractivity contribution in [2.75, 3.05) is 11.4 Å². The molecule has 20 heavy (non-hydrogen) atoms. The minimum absolute atomic E-state index is 0.000191. The lowest BCUT2D eigenvalue weighted by Gasteiger charge is -2.27. The molecule has 0 saturated carbocycles. The van der Waals surface area contributed by atoms with Crippen molar-refractivity contribution in [2.24, 2.45) is 0 Å². The summed E-state index contributed by atoms with van der Waals surface area (Å²) in [6.45, 7) is 3.34. The van der Waals surface area contributed by atoms with Crippen LogP contribution in [0.4, 0.5) is 10.7 Å². The van der Waals surface area contributed by atoms with Crippen molar-refractivity contribution in [3.8, 4) is 0 Å². The van der Waals surface area contributed by atoms with Gasteiger partial charge in [-0.25, -0.2) is 4.98 Å². The number of nitro groups is 1. The van der Waals surface area contributed by atoms with E-state index in [4.69, 9.17) is 0 Å². The quantitative estimate of drug-likeness (QED) is 0.491. The molecule has 3 heterocycles. The number of ketones is 1. The molecular weight excluding hydrogens is 280 g/mol. The van der Waals surface area contributed by atoms with E-state index in [-0.39, 0.29) is 11.5 Å². The molecule has 1 aliphatic heterocycles. The second-order valence-corrected chi connectivity index (χ2v) is 5.60. The van der Waals surface area contributed by atoms with Crippen molar-refractivity contribution in [3.05, 3.63) is 39.3 Å². The fraction of sp³-hybridized carbons (Fsp3) is 0.333. The van der Waals surface area contributed by atoms with Gasteiger partial charge < -0.3 is 9.47 Å². The molecule has 0 saturated heterocycles. The summed E-state index contributed by atoms with van der Waals surface area (Å²) in [5, 5.41) is 11.7. The third-order valence-electron chi connectivity index (χ3n) is 3.27. The van der Waals surface area contributed by atoms with Crippen LogP contribution in [0.2, 0.25) is 0 Å². The molecule has 0 bridgehead atoms. The highest BCUT2D eigenvalue weighted by Gasteiger charge is 2.28. The third-order valence-corrected chi connectivity index (χ3v) is 4.56. The number of carbonyl (C=O) groups excluding carboxylic acids is 1. The molecule has 0 fully saturated rings. The molecule has 0 aliphatic carbocycles. The van der Waals surface area contributed by atoms with Gasteiger partial charge in [-0.1, -0.05) is 0 Å². The van der Waals surface area contributed by atoms with E-state index >= 15 is 0 Å². The van der Waals surface area contributed by atoms with Crippen molar-refractivity contribution in [2.45, 2.75) is 20.0 Å². The summed E-state index contributed by atoms with van der Waals surface area (Å²) in [6, 6.07) is 1.36. The number of hydrogen-bond acceptors (Lipinski definition) is 6. The second kappa shape index (κ2) is 4.71. The van der Waals surface area contributed by atoms with Crippen molar-refractivity contribution < 1.29 is 9.72 Å². The molecule has 0 radical (unpaired) electrons. The molecule has 2 aromatic heterocycles. The molecule has 1 aliphatic rings. The molecule has 7 nitrogen and oxygen atoms in total. The first-order chi connectivity index (χ1) is 9.56. The highest BCUT2D eigenvalue weighted by molar-refractivity contribution is 7.18. The van der Waals surface area contributed by atoms with E-state index in [2.05, 4.69) is 4.98 Å². The normalized spacial score (nSPS) is 14.2. The van der Waals surface area contributed by atoms with Gasteiger partial charge in [-0.15, -0.1) is 11.3 Å². The van der Waals surface area contributed by atoms with Gasteiger partial charge in [-0.05, 0) is 6.92 Å². The summed E-state index contributed by atoms with van der Waals surface area (Å²) in [4.78, 5) is 28.7. The van der Waals surface area contributed by atoms with Gasteiger partial charge in [-0.2, -0.15) is 0 Å². The summed E-state index contributed by atoms with van der Waals surface area (Å²) in [6.07, 6.45) is 3.62. The average Bonchev–Trinajstić information content (AvgIpc) is 3.04. The molecular formula is C12H12N4O3S. The highest BCUT2D eigenvalue weighted by Crippen LogP contribution is 2.39. The molecule has 0 N–H and O–H groups in total. The van der Waals surface area contributed by atoms with E-state index in [1.165, 1.54) is 24.3 Å². The van der Waals surface area contributed by atoms with Crippen LogP contribution < -0.4 is 4.90 Å². The van der Waals surface area contributed by atoms with E-state index in [1.54, 1.807) is 6.20 Å². The standard InChI is InChI=1S/C12H12N4O3S/c1-8(17)10-6-9(16(18)19)12(20-10)15-5-4-14-3-2-13-11(14)7-15/h2-3,6H,4-5,7H2,1H3. The maximum atomic E-state index is 11.4. The summed E-state index contributed by atoms with van der Waals surface area (Å²) in [5.74, 6) is 0.728. The van der Waals surface area contributed by atoms with Crippen LogP contribution >= 0.6 is 11.3 Å². The van der Waals surface area contributed by atoms with Gasteiger partial charge in [0.2, 0.25) is 0 Å². The first-order valence-corrected chi connectivity index (χ1v) is 6.92. The predicted octanol–water partition coefficient (Wildman–Crippen LogP) is 2.08. The lowest BCUT2D eigenvalue weighted by Crippen LogP contribution is -2.33. The summed E-state index contributed by atoms with van der Waals surface area (Å²) in [5.41, 5.74) is 0.000191. The van der Waals surface area contributed by atoms with Crippen molar-refractivity contribution in [1.82, 2.24) is 9.55 Å². The van der Waals surface area contributed by atoms with E-state index in [9.17, 15) is 14.9 Å². The number of anilines is 1. The van der Waals surface area contributed by atoms with Crippen LogP contribution in [0.15, 0.2) is 18.5 Å². The Balaban J connectivity index is 1.98. The number of carbonyl (C=O) groups is 1. The van der Waals surface area contributed by atoms with Gasteiger partial charge in [0.05, 0.1) is 16.3 Å². The Morgan fingerprint density at radius 3 is 3.00 bits per heavy atom. The zero-order chi connectivity index (χ0) is 14.3. The van der Waals surface area contributed by atoms with Crippen LogP contribution in [-0.2, 0) is 13.1 Å². The van der Waals surface area contributed by atoms with Gasteiger partial charge in [0.1, 0.15) is 5.82 Å². The lowest BCUT2D eigenvalue weighted by molar-refractivity contribution is -0.383. The average molecular weight is 292 g/mol. The van der Waals surface area contributed by atoms with E-state index in [0.29, 0.717) is 23.0 Å². The van der Waals surface area contributed by atoms with E-state index in [0.717, 1.165) is 12.4 Å². The van der Waals surface area contributed by atoms with Crippen LogP contribution in [0, 0.1) is 10.1 Å². The molecule has 8 heteroatoms. The fourth-order valence-corrected chi connectivity index (χ4v) is 3.30. The van der Waals surface area contributed by atoms with Crippen LogP contribution in [0.1, 0.15) is 22.4 Å². The Bertz CT molecular complexity index is 691. The Hall–Kier alpha value is -2.22. The lowest BCUT2D eigenvalue weighted by atomic mass is 10.3. The van der Waals surface area contributed by atoms with E-state index in [1.807, 2.05) is 15.7 Å². The molecule has 0 atom stereocenters. The number of fused-ring (bicyclic) bond motifs is 1. The largest absolute Gasteiger partial charge is 0.349 e. The van der Waals surface area contributed by atoms with Gasteiger partial charge in [-0.3, -0.25) is 14.9 Å². The zero-order valence-corrected chi connectivity index (χ0v) is 11.6. The minimum atomic E-state index is -0.431. The number of Topliss-reactive ketones (excluding diaryl/α,β-unsaturated/α-hetero) is 1. The zero-order valence-electron chi connectivity index (χ0n) is 10.8. The molecule has 0 amide bonds. The molecule has 0 unspecified atom stereocenters. The second-order valence-electron chi connectivity index (χ2n) is 4.57. The molecule has 2 aromatic rings. The van der Waals surface area contributed by atoms with Crippen molar-refractivity contribution in [1.29, 1.82) is 0 Å². The summed E-state index contributed by atoms with van der Waals surface area (Å²) < 4.78 is 2.03. The monoisotopic (exact) mass is 292 g/mol. The SMILES string of the molecule is CC(=O)c1cc([N+](=O)[O-])c(N2CCn3ccnc3C2)s1. The number of nitrogens with zero attached hydrogens (tertiary/aromatic N) is 4.